The molecule has 6 heteroatoms. The van der Waals surface area contributed by atoms with Gasteiger partial charge in [-0.05, 0) is 36.8 Å². The first-order valence-corrected chi connectivity index (χ1v) is 8.54. The van der Waals surface area contributed by atoms with Crippen molar-refractivity contribution in [3.8, 4) is 0 Å². The number of fused-ring (bicyclic) bond motifs is 1. The molecule has 1 fully saturated rings. The molecule has 4 rings (SSSR count). The number of benzene rings is 1. The summed E-state index contributed by atoms with van der Waals surface area (Å²) < 4.78 is 0. The standard InChI is InChI=1S/C18H19ClN4O/c19-12-1-3-13(4-2-12)23-10-7-17(18(23)24)22-9-6-16-14(11-22)15(20)5-8-21-16/h1-5,8,17H,6-7,9-11H2,(H2,20,21). The van der Waals surface area contributed by atoms with Crippen LogP contribution in [0.15, 0.2) is 36.5 Å². The summed E-state index contributed by atoms with van der Waals surface area (Å²) in [7, 11) is 0. The highest BCUT2D eigenvalue weighted by molar-refractivity contribution is 6.30. The largest absolute Gasteiger partial charge is 0.398 e. The van der Waals surface area contributed by atoms with Crippen LogP contribution in [0.1, 0.15) is 17.7 Å². The number of nitrogens with zero attached hydrogens (tertiary/aromatic N) is 3. The van der Waals surface area contributed by atoms with Crippen LogP contribution in [0.4, 0.5) is 11.4 Å². The van der Waals surface area contributed by atoms with Gasteiger partial charge in [0, 0.05) is 59.9 Å². The van der Waals surface area contributed by atoms with Crippen LogP contribution >= 0.6 is 11.6 Å². The van der Waals surface area contributed by atoms with Crippen molar-refractivity contribution in [1.29, 1.82) is 0 Å². The number of nitrogen functional groups attached to an aromatic ring is 1. The van der Waals surface area contributed by atoms with Gasteiger partial charge in [-0.15, -0.1) is 0 Å². The third-order valence-electron chi connectivity index (χ3n) is 4.93. The lowest BCUT2D eigenvalue weighted by Gasteiger charge is -2.32. The molecule has 2 N–H and O–H groups in total. The van der Waals surface area contributed by atoms with E-state index in [9.17, 15) is 4.79 Å². The molecule has 2 aliphatic heterocycles. The fraction of sp³-hybridized carbons (Fsp3) is 0.333. The van der Waals surface area contributed by atoms with Gasteiger partial charge in [-0.25, -0.2) is 0 Å². The fourth-order valence-corrected chi connectivity index (χ4v) is 3.76. The molecule has 1 amide bonds. The van der Waals surface area contributed by atoms with E-state index >= 15 is 0 Å². The lowest BCUT2D eigenvalue weighted by molar-refractivity contribution is -0.122. The van der Waals surface area contributed by atoms with Crippen molar-refractivity contribution >= 4 is 28.9 Å². The Morgan fingerprint density at radius 2 is 1.96 bits per heavy atom. The molecule has 3 heterocycles. The molecule has 2 aliphatic rings. The Morgan fingerprint density at radius 1 is 1.17 bits per heavy atom. The number of hydrogen-bond donors (Lipinski definition) is 1. The fourth-order valence-electron chi connectivity index (χ4n) is 3.63. The Hall–Kier alpha value is -2.11. The third kappa shape index (κ3) is 2.64. The van der Waals surface area contributed by atoms with Crippen molar-refractivity contribution in [3.05, 3.63) is 52.8 Å². The minimum absolute atomic E-state index is 0.0894. The Morgan fingerprint density at radius 3 is 2.75 bits per heavy atom. The first-order valence-electron chi connectivity index (χ1n) is 8.17. The van der Waals surface area contributed by atoms with Crippen LogP contribution in [-0.2, 0) is 17.8 Å². The second kappa shape index (κ2) is 6.07. The maximum atomic E-state index is 12.9. The van der Waals surface area contributed by atoms with Gasteiger partial charge in [0.15, 0.2) is 0 Å². The summed E-state index contributed by atoms with van der Waals surface area (Å²) in [5, 5.41) is 0.678. The monoisotopic (exact) mass is 342 g/mol. The zero-order valence-electron chi connectivity index (χ0n) is 13.3. The molecule has 1 atom stereocenters. The van der Waals surface area contributed by atoms with E-state index < -0.39 is 0 Å². The highest BCUT2D eigenvalue weighted by Gasteiger charge is 2.38. The average Bonchev–Trinajstić information content (AvgIpc) is 2.97. The molecule has 0 saturated carbocycles. The maximum Gasteiger partial charge on any atom is 0.244 e. The van der Waals surface area contributed by atoms with E-state index in [2.05, 4.69) is 9.88 Å². The first kappa shape index (κ1) is 15.4. The van der Waals surface area contributed by atoms with Crippen LogP contribution in [-0.4, -0.2) is 34.9 Å². The van der Waals surface area contributed by atoms with Crippen molar-refractivity contribution in [2.45, 2.75) is 25.4 Å². The average molecular weight is 343 g/mol. The lowest BCUT2D eigenvalue weighted by Crippen LogP contribution is -2.44. The van der Waals surface area contributed by atoms with Crippen LogP contribution in [0.2, 0.25) is 5.02 Å². The number of halogens is 1. The molecule has 124 valence electrons. The molecule has 1 saturated heterocycles. The van der Waals surface area contributed by atoms with E-state index in [-0.39, 0.29) is 11.9 Å². The van der Waals surface area contributed by atoms with Crippen molar-refractivity contribution in [2.75, 3.05) is 23.7 Å². The quantitative estimate of drug-likeness (QED) is 0.910. The molecule has 1 aromatic carbocycles. The topological polar surface area (TPSA) is 62.5 Å². The van der Waals surface area contributed by atoms with Crippen LogP contribution in [0.5, 0.6) is 0 Å². The van der Waals surface area contributed by atoms with Gasteiger partial charge in [0.2, 0.25) is 5.91 Å². The van der Waals surface area contributed by atoms with E-state index in [1.807, 2.05) is 35.2 Å². The van der Waals surface area contributed by atoms with Gasteiger partial charge in [0.1, 0.15) is 0 Å². The van der Waals surface area contributed by atoms with Gasteiger partial charge in [-0.3, -0.25) is 14.7 Å². The summed E-state index contributed by atoms with van der Waals surface area (Å²) in [6, 6.07) is 9.18. The van der Waals surface area contributed by atoms with Gasteiger partial charge in [-0.2, -0.15) is 0 Å². The molecular weight excluding hydrogens is 324 g/mol. The number of nitrogens with two attached hydrogens (primary N) is 1. The number of carbonyl (C=O) groups is 1. The minimum Gasteiger partial charge on any atom is -0.398 e. The smallest absolute Gasteiger partial charge is 0.244 e. The Kier molecular flexibility index (Phi) is 3.90. The summed E-state index contributed by atoms with van der Waals surface area (Å²) in [5.41, 5.74) is 9.90. The molecule has 0 spiro atoms. The highest BCUT2D eigenvalue weighted by atomic mass is 35.5. The van der Waals surface area contributed by atoms with Gasteiger partial charge in [-0.1, -0.05) is 11.6 Å². The molecule has 1 unspecified atom stereocenters. The predicted octanol–water partition coefficient (Wildman–Crippen LogP) is 2.48. The third-order valence-corrected chi connectivity index (χ3v) is 5.19. The van der Waals surface area contributed by atoms with E-state index in [0.29, 0.717) is 11.6 Å². The van der Waals surface area contributed by atoms with Gasteiger partial charge in [0.25, 0.3) is 0 Å². The van der Waals surface area contributed by atoms with Gasteiger partial charge in [0.05, 0.1) is 6.04 Å². The molecule has 0 bridgehead atoms. The van der Waals surface area contributed by atoms with Gasteiger partial charge >= 0.3 is 0 Å². The van der Waals surface area contributed by atoms with E-state index in [4.69, 9.17) is 17.3 Å². The zero-order valence-corrected chi connectivity index (χ0v) is 14.0. The van der Waals surface area contributed by atoms with Crippen LogP contribution in [0, 0.1) is 0 Å². The summed E-state index contributed by atoms with van der Waals surface area (Å²) in [5.74, 6) is 0.156. The van der Waals surface area contributed by atoms with E-state index in [1.54, 1.807) is 6.20 Å². The summed E-state index contributed by atoms with van der Waals surface area (Å²) in [4.78, 5) is 21.4. The normalized spacial score (nSPS) is 21.1. The number of carbonyl (C=O) groups excluding carboxylic acids is 1. The number of aromatic nitrogens is 1. The van der Waals surface area contributed by atoms with Crippen LogP contribution in [0.25, 0.3) is 0 Å². The second-order valence-electron chi connectivity index (χ2n) is 6.32. The predicted molar refractivity (Wildman–Crippen MR) is 95.0 cm³/mol. The SMILES string of the molecule is Nc1ccnc2c1CN(C1CCN(c3ccc(Cl)cc3)C1=O)CC2. The Balaban J connectivity index is 1.53. The van der Waals surface area contributed by atoms with Crippen LogP contribution in [0.3, 0.4) is 0 Å². The van der Waals surface area contributed by atoms with Crippen molar-refractivity contribution in [1.82, 2.24) is 9.88 Å². The molecule has 24 heavy (non-hydrogen) atoms. The Labute approximate surface area is 146 Å². The number of rotatable bonds is 2. The van der Waals surface area contributed by atoms with E-state index in [0.717, 1.165) is 48.6 Å². The number of hydrogen-bond acceptors (Lipinski definition) is 4. The zero-order chi connectivity index (χ0) is 16.7. The summed E-state index contributed by atoms with van der Waals surface area (Å²) >= 11 is 5.94. The Bertz CT molecular complexity index is 777. The lowest BCUT2D eigenvalue weighted by atomic mass is 10.0. The maximum absolute atomic E-state index is 12.9. The molecule has 2 aromatic rings. The molecule has 1 aromatic heterocycles. The van der Waals surface area contributed by atoms with Gasteiger partial charge < -0.3 is 10.6 Å². The first-order chi connectivity index (χ1) is 11.6. The molecule has 0 aliphatic carbocycles. The highest BCUT2D eigenvalue weighted by Crippen LogP contribution is 2.30. The summed E-state index contributed by atoms with van der Waals surface area (Å²) in [6.07, 6.45) is 3.43. The molecular formula is C18H19ClN4O. The molecule has 5 nitrogen and oxygen atoms in total. The number of pyridine rings is 1. The van der Waals surface area contributed by atoms with Crippen molar-refractivity contribution in [2.24, 2.45) is 0 Å². The van der Waals surface area contributed by atoms with Crippen LogP contribution < -0.4 is 10.6 Å². The summed E-state index contributed by atoms with van der Waals surface area (Å²) in [6.45, 7) is 2.27. The second-order valence-corrected chi connectivity index (χ2v) is 6.75. The van der Waals surface area contributed by atoms with Crippen molar-refractivity contribution in [3.63, 3.8) is 0 Å². The number of amides is 1. The number of anilines is 2. The van der Waals surface area contributed by atoms with E-state index in [1.165, 1.54) is 0 Å². The van der Waals surface area contributed by atoms with Crippen molar-refractivity contribution < 1.29 is 4.79 Å². The minimum atomic E-state index is -0.0894. The molecule has 0 radical (unpaired) electrons.